The van der Waals surface area contributed by atoms with Crippen LogP contribution in [0.2, 0.25) is 0 Å². The number of benzene rings is 1. The fraction of sp³-hybridized carbons (Fsp3) is 0.182. The van der Waals surface area contributed by atoms with Crippen LogP contribution < -0.4 is 5.32 Å². The zero-order chi connectivity index (χ0) is 11.4. The molecule has 0 aliphatic rings. The van der Waals surface area contributed by atoms with E-state index in [0.717, 1.165) is 27.7 Å². The Bertz CT molecular complexity index is 434. The van der Waals surface area contributed by atoms with Gasteiger partial charge in [-0.05, 0) is 50.1 Å². The molecule has 0 unspecified atom stereocenters. The summed E-state index contributed by atoms with van der Waals surface area (Å²) in [7, 11) is 0. The van der Waals surface area contributed by atoms with Crippen LogP contribution in [0.5, 0.6) is 0 Å². The van der Waals surface area contributed by atoms with E-state index in [1.807, 2.05) is 35.1 Å². The first kappa shape index (κ1) is 11.7. The fourth-order valence-electron chi connectivity index (χ4n) is 1.39. The van der Waals surface area contributed by atoms with Crippen LogP contribution in [0.1, 0.15) is 0 Å². The van der Waals surface area contributed by atoms with Gasteiger partial charge in [0.05, 0.1) is 12.2 Å². The van der Waals surface area contributed by atoms with Crippen LogP contribution in [0.3, 0.4) is 0 Å². The lowest BCUT2D eigenvalue weighted by atomic mass is 10.3. The first-order valence-electron chi connectivity index (χ1n) is 4.92. The maximum absolute atomic E-state index is 4.15. The van der Waals surface area contributed by atoms with Gasteiger partial charge in [-0.1, -0.05) is 6.07 Å². The molecule has 0 radical (unpaired) electrons. The molecule has 1 heterocycles. The third-order valence-corrected chi connectivity index (χ3v) is 3.49. The predicted octanol–water partition coefficient (Wildman–Crippen LogP) is 3.52. The first-order chi connectivity index (χ1) is 7.77. The first-order valence-corrected chi connectivity index (χ1v) is 6.51. The summed E-state index contributed by atoms with van der Waals surface area (Å²) >= 11 is 7.02. The molecular formula is C11H11Br2N3. The molecule has 1 N–H and O–H groups in total. The molecule has 0 aliphatic heterocycles. The second-order valence-electron chi connectivity index (χ2n) is 3.29. The quantitative estimate of drug-likeness (QED) is 0.919. The van der Waals surface area contributed by atoms with Gasteiger partial charge in [0.15, 0.2) is 0 Å². The van der Waals surface area contributed by atoms with Gasteiger partial charge < -0.3 is 5.32 Å². The Hall–Kier alpha value is -0.810. The molecule has 0 aliphatic carbocycles. The van der Waals surface area contributed by atoms with E-state index < -0.39 is 0 Å². The van der Waals surface area contributed by atoms with Gasteiger partial charge in [-0.15, -0.1) is 0 Å². The van der Waals surface area contributed by atoms with Crippen molar-refractivity contribution in [1.29, 1.82) is 0 Å². The van der Waals surface area contributed by atoms with Crippen molar-refractivity contribution in [1.82, 2.24) is 9.78 Å². The van der Waals surface area contributed by atoms with Crippen LogP contribution in [0, 0.1) is 0 Å². The maximum Gasteiger partial charge on any atom is 0.0629 e. The number of hydrogen-bond donors (Lipinski definition) is 1. The van der Waals surface area contributed by atoms with Crippen LogP contribution in [-0.4, -0.2) is 16.3 Å². The van der Waals surface area contributed by atoms with Gasteiger partial charge in [-0.2, -0.15) is 5.10 Å². The Balaban J connectivity index is 1.95. The van der Waals surface area contributed by atoms with Gasteiger partial charge in [0.1, 0.15) is 0 Å². The van der Waals surface area contributed by atoms with Gasteiger partial charge in [-0.3, -0.25) is 4.68 Å². The van der Waals surface area contributed by atoms with Crippen LogP contribution in [0.15, 0.2) is 45.6 Å². The summed E-state index contributed by atoms with van der Waals surface area (Å²) < 4.78 is 4.02. The van der Waals surface area contributed by atoms with Crippen molar-refractivity contribution in [2.24, 2.45) is 0 Å². The second-order valence-corrected chi connectivity index (χ2v) is 5.00. The number of nitrogens with zero attached hydrogens (tertiary/aromatic N) is 2. The van der Waals surface area contributed by atoms with Crippen molar-refractivity contribution in [3.63, 3.8) is 0 Å². The molecule has 1 aromatic heterocycles. The number of anilines is 1. The van der Waals surface area contributed by atoms with Crippen molar-refractivity contribution in [3.05, 3.63) is 45.6 Å². The van der Waals surface area contributed by atoms with Crippen molar-refractivity contribution in [2.45, 2.75) is 6.54 Å². The summed E-state index contributed by atoms with van der Waals surface area (Å²) in [6.07, 6.45) is 3.74. The van der Waals surface area contributed by atoms with Crippen LogP contribution in [0.25, 0.3) is 0 Å². The summed E-state index contributed by atoms with van der Waals surface area (Å²) in [5.74, 6) is 0. The highest BCUT2D eigenvalue weighted by atomic mass is 79.9. The van der Waals surface area contributed by atoms with E-state index in [1.54, 1.807) is 6.20 Å². The summed E-state index contributed by atoms with van der Waals surface area (Å²) in [4.78, 5) is 0. The third-order valence-electron chi connectivity index (χ3n) is 2.16. The molecule has 1 aromatic carbocycles. The van der Waals surface area contributed by atoms with E-state index >= 15 is 0 Å². The average molecular weight is 345 g/mol. The Morgan fingerprint density at radius 2 is 1.94 bits per heavy atom. The number of rotatable bonds is 4. The minimum absolute atomic E-state index is 0.836. The van der Waals surface area contributed by atoms with Crippen LogP contribution in [0.4, 0.5) is 5.69 Å². The van der Waals surface area contributed by atoms with E-state index in [2.05, 4.69) is 42.3 Å². The van der Waals surface area contributed by atoms with E-state index in [4.69, 9.17) is 0 Å². The molecule has 5 heteroatoms. The molecule has 3 nitrogen and oxygen atoms in total. The molecule has 0 spiro atoms. The maximum atomic E-state index is 4.15. The highest BCUT2D eigenvalue weighted by molar-refractivity contribution is 9.11. The highest BCUT2D eigenvalue weighted by Crippen LogP contribution is 2.30. The minimum atomic E-state index is 0.836. The Morgan fingerprint density at radius 1 is 1.19 bits per heavy atom. The standard InChI is InChI=1S/C11H11Br2N3/c12-9-3-1-4-10(13)11(9)14-6-8-16-7-2-5-15-16/h1-5,7,14H,6,8H2. The Kier molecular flexibility index (Phi) is 4.01. The molecule has 2 rings (SSSR count). The normalized spacial score (nSPS) is 10.4. The average Bonchev–Trinajstić information content (AvgIpc) is 2.75. The summed E-state index contributed by atoms with van der Waals surface area (Å²) in [6, 6.07) is 7.95. The van der Waals surface area contributed by atoms with Crippen molar-refractivity contribution in [3.8, 4) is 0 Å². The number of halogens is 2. The number of aromatic nitrogens is 2. The second kappa shape index (κ2) is 5.50. The van der Waals surface area contributed by atoms with E-state index in [0.29, 0.717) is 0 Å². The molecule has 0 saturated heterocycles. The lowest BCUT2D eigenvalue weighted by molar-refractivity contribution is 0.637. The lowest BCUT2D eigenvalue weighted by Crippen LogP contribution is -2.11. The molecule has 0 amide bonds. The predicted molar refractivity (Wildman–Crippen MR) is 72.6 cm³/mol. The molecule has 0 fully saturated rings. The molecule has 0 bridgehead atoms. The number of hydrogen-bond acceptors (Lipinski definition) is 2. The monoisotopic (exact) mass is 343 g/mol. The topological polar surface area (TPSA) is 29.9 Å². The summed E-state index contributed by atoms with van der Waals surface area (Å²) in [5, 5.41) is 7.51. The molecule has 84 valence electrons. The Labute approximate surface area is 111 Å². The van der Waals surface area contributed by atoms with E-state index in [-0.39, 0.29) is 0 Å². The number of para-hydroxylation sites is 1. The van der Waals surface area contributed by atoms with Crippen LogP contribution >= 0.6 is 31.9 Å². The van der Waals surface area contributed by atoms with Crippen LogP contribution in [-0.2, 0) is 6.54 Å². The van der Waals surface area contributed by atoms with Crippen molar-refractivity contribution < 1.29 is 0 Å². The fourth-order valence-corrected chi connectivity index (χ4v) is 2.67. The largest absolute Gasteiger partial charge is 0.381 e. The van der Waals surface area contributed by atoms with Gasteiger partial charge in [0.25, 0.3) is 0 Å². The van der Waals surface area contributed by atoms with Crippen molar-refractivity contribution in [2.75, 3.05) is 11.9 Å². The SMILES string of the molecule is Brc1cccc(Br)c1NCCn1cccn1. The van der Waals surface area contributed by atoms with Gasteiger partial charge in [0.2, 0.25) is 0 Å². The Morgan fingerprint density at radius 3 is 2.56 bits per heavy atom. The summed E-state index contributed by atoms with van der Waals surface area (Å²) in [5.41, 5.74) is 1.08. The molecule has 16 heavy (non-hydrogen) atoms. The van der Waals surface area contributed by atoms with E-state index in [9.17, 15) is 0 Å². The lowest BCUT2D eigenvalue weighted by Gasteiger charge is -2.10. The minimum Gasteiger partial charge on any atom is -0.381 e. The van der Waals surface area contributed by atoms with E-state index in [1.165, 1.54) is 0 Å². The molecular weight excluding hydrogens is 334 g/mol. The smallest absolute Gasteiger partial charge is 0.0629 e. The van der Waals surface area contributed by atoms with Gasteiger partial charge in [-0.25, -0.2) is 0 Å². The zero-order valence-corrected chi connectivity index (χ0v) is 11.7. The number of nitrogens with one attached hydrogen (secondary N) is 1. The molecule has 0 saturated carbocycles. The highest BCUT2D eigenvalue weighted by Gasteiger charge is 2.02. The molecule has 2 aromatic rings. The molecule has 0 atom stereocenters. The zero-order valence-electron chi connectivity index (χ0n) is 8.53. The summed E-state index contributed by atoms with van der Waals surface area (Å²) in [6.45, 7) is 1.68. The third kappa shape index (κ3) is 2.86. The van der Waals surface area contributed by atoms with Gasteiger partial charge >= 0.3 is 0 Å². The van der Waals surface area contributed by atoms with Gasteiger partial charge in [0, 0.05) is 27.9 Å². The van der Waals surface area contributed by atoms with Crippen molar-refractivity contribution >= 4 is 37.5 Å².